The molecule has 11 heteroatoms. The molecule has 2 aromatic carbocycles. The van der Waals surface area contributed by atoms with Crippen LogP contribution in [0.1, 0.15) is 75.2 Å². The maximum Gasteiger partial charge on any atom is 0.414 e. The van der Waals surface area contributed by atoms with Crippen LogP contribution in [0.5, 0.6) is 0 Å². The van der Waals surface area contributed by atoms with Crippen LogP contribution in [-0.2, 0) is 14.2 Å². The number of nitrogens with zero attached hydrogens (tertiary/aromatic N) is 3. The van der Waals surface area contributed by atoms with Gasteiger partial charge in [0.15, 0.2) is 0 Å². The van der Waals surface area contributed by atoms with Crippen molar-refractivity contribution in [3.05, 3.63) is 48.5 Å². The monoisotopic (exact) mass is 647 g/mol. The molecule has 0 aliphatic rings. The number of carbonyl (C=O) groups is 3. The highest BCUT2D eigenvalue weighted by molar-refractivity contribution is 7.80. The van der Waals surface area contributed by atoms with Gasteiger partial charge in [0.2, 0.25) is 0 Å². The second-order valence-corrected chi connectivity index (χ2v) is 14.5. The van der Waals surface area contributed by atoms with E-state index in [1.807, 2.05) is 111 Å². The van der Waals surface area contributed by atoms with Crippen molar-refractivity contribution in [3.8, 4) is 0 Å². The zero-order chi connectivity index (χ0) is 33.3. The lowest BCUT2D eigenvalue weighted by atomic mass is 10.2. The van der Waals surface area contributed by atoms with Crippen LogP contribution in [0.25, 0.3) is 0 Å². The lowest BCUT2D eigenvalue weighted by molar-refractivity contribution is 0.0247. The molecule has 0 unspecified atom stereocenters. The minimum Gasteiger partial charge on any atom is -0.444 e. The van der Waals surface area contributed by atoms with E-state index in [4.69, 9.17) is 14.2 Å². The minimum absolute atomic E-state index is 0.306. The van der Waals surface area contributed by atoms with Gasteiger partial charge in [-0.2, -0.15) is 0 Å². The first kappa shape index (κ1) is 37.1. The fourth-order valence-corrected chi connectivity index (χ4v) is 4.31. The van der Waals surface area contributed by atoms with Crippen LogP contribution >= 0.6 is 25.3 Å². The Bertz CT molecular complexity index is 1150. The first-order valence-electron chi connectivity index (χ1n) is 14.8. The van der Waals surface area contributed by atoms with E-state index in [0.29, 0.717) is 50.4 Å². The molecular weight excluding hydrogens is 599 g/mol. The molecule has 0 fully saturated rings. The van der Waals surface area contributed by atoms with Crippen molar-refractivity contribution in [2.75, 3.05) is 36.0 Å². The van der Waals surface area contributed by atoms with Gasteiger partial charge in [-0.3, -0.25) is 9.80 Å². The van der Waals surface area contributed by atoms with Gasteiger partial charge >= 0.3 is 18.3 Å². The van der Waals surface area contributed by atoms with Crippen LogP contribution in [0.15, 0.2) is 58.3 Å². The maximum absolute atomic E-state index is 13.2. The lowest BCUT2D eigenvalue weighted by Gasteiger charge is -2.31. The lowest BCUT2D eigenvalue weighted by Crippen LogP contribution is -2.42. The van der Waals surface area contributed by atoms with Crippen LogP contribution in [-0.4, -0.2) is 66.2 Å². The number of thiol groups is 2. The van der Waals surface area contributed by atoms with E-state index < -0.39 is 35.1 Å². The van der Waals surface area contributed by atoms with Crippen LogP contribution in [0.4, 0.5) is 25.8 Å². The molecule has 0 aliphatic heterocycles. The Kier molecular flexibility index (Phi) is 13.3. The number of carbonyl (C=O) groups excluding carboxylic acids is 3. The van der Waals surface area contributed by atoms with E-state index in [9.17, 15) is 14.4 Å². The summed E-state index contributed by atoms with van der Waals surface area (Å²) in [6.45, 7) is 17.6. The number of amides is 3. The summed E-state index contributed by atoms with van der Waals surface area (Å²) in [4.78, 5) is 45.8. The molecule has 0 bridgehead atoms. The summed E-state index contributed by atoms with van der Waals surface area (Å²) in [7, 11) is 0. The third kappa shape index (κ3) is 13.7. The molecule has 2 aromatic rings. The molecule has 0 N–H and O–H groups in total. The molecular formula is C33H49N3O6S2. The Balaban J connectivity index is 2.20. The first-order valence-corrected chi connectivity index (χ1v) is 15.7. The van der Waals surface area contributed by atoms with Crippen LogP contribution in [0.2, 0.25) is 0 Å². The van der Waals surface area contributed by atoms with E-state index in [1.165, 1.54) is 0 Å². The van der Waals surface area contributed by atoms with Gasteiger partial charge in [-0.15, -0.1) is 25.3 Å². The maximum atomic E-state index is 13.2. The average Bonchev–Trinajstić information content (AvgIpc) is 2.86. The Morgan fingerprint density at radius 1 is 0.523 bits per heavy atom. The summed E-state index contributed by atoms with van der Waals surface area (Å²) in [5, 5.41) is 0. The van der Waals surface area contributed by atoms with Gasteiger partial charge in [-0.1, -0.05) is 0 Å². The molecule has 0 heterocycles. The Labute approximate surface area is 274 Å². The van der Waals surface area contributed by atoms with Crippen molar-refractivity contribution in [3.63, 3.8) is 0 Å². The van der Waals surface area contributed by atoms with Gasteiger partial charge < -0.3 is 19.1 Å². The number of benzene rings is 2. The molecule has 44 heavy (non-hydrogen) atoms. The van der Waals surface area contributed by atoms with Crippen molar-refractivity contribution in [1.29, 1.82) is 0 Å². The highest BCUT2D eigenvalue weighted by Gasteiger charge is 2.27. The van der Waals surface area contributed by atoms with Crippen LogP contribution in [0.3, 0.4) is 0 Å². The molecule has 2 rings (SSSR count). The first-order chi connectivity index (χ1) is 20.2. The molecule has 244 valence electrons. The van der Waals surface area contributed by atoms with Gasteiger partial charge in [-0.05, 0) is 124 Å². The molecule has 0 atom stereocenters. The van der Waals surface area contributed by atoms with Gasteiger partial charge in [-0.25, -0.2) is 14.4 Å². The number of hydrogen-bond acceptors (Lipinski definition) is 8. The summed E-state index contributed by atoms with van der Waals surface area (Å²) < 4.78 is 17.0. The quantitative estimate of drug-likeness (QED) is 0.199. The smallest absolute Gasteiger partial charge is 0.414 e. The second kappa shape index (κ2) is 15.8. The molecule has 0 aromatic heterocycles. The minimum atomic E-state index is -0.691. The van der Waals surface area contributed by atoms with Crippen molar-refractivity contribution in [1.82, 2.24) is 4.90 Å². The van der Waals surface area contributed by atoms with Crippen molar-refractivity contribution >= 4 is 54.9 Å². The molecule has 9 nitrogen and oxygen atoms in total. The molecule has 0 spiro atoms. The third-order valence-electron chi connectivity index (χ3n) is 5.82. The predicted octanol–water partition coefficient (Wildman–Crippen LogP) is 8.46. The topological polar surface area (TPSA) is 88.6 Å². The number of ether oxygens (including phenoxy) is 3. The summed E-state index contributed by atoms with van der Waals surface area (Å²) in [5.74, 6) is 0. The third-order valence-corrected chi connectivity index (χ3v) is 6.42. The molecule has 3 amide bonds. The highest BCUT2D eigenvalue weighted by atomic mass is 32.1. The standard InChI is InChI=1S/C33H49N3O6S2/c1-31(2,3)40-28(37)34(20-10-22-35(29(38)41-32(4,5)6)24-12-16-26(43)17-13-24)21-11-23-36(30(39)42-33(7,8)9)25-14-18-27(44)19-15-25/h12-19,43-44H,10-11,20-23H2,1-9H3. The summed E-state index contributed by atoms with van der Waals surface area (Å²) in [6.07, 6.45) is -0.508. The summed E-state index contributed by atoms with van der Waals surface area (Å²) in [5.41, 5.74) is -0.700. The van der Waals surface area contributed by atoms with E-state index in [0.717, 1.165) is 9.79 Å². The van der Waals surface area contributed by atoms with Crippen LogP contribution < -0.4 is 9.80 Å². The summed E-state index contributed by atoms with van der Waals surface area (Å²) >= 11 is 8.71. The zero-order valence-electron chi connectivity index (χ0n) is 27.5. The number of rotatable bonds is 10. The Morgan fingerprint density at radius 2 is 0.818 bits per heavy atom. The zero-order valence-corrected chi connectivity index (χ0v) is 29.3. The predicted molar refractivity (Wildman–Crippen MR) is 182 cm³/mol. The summed E-state index contributed by atoms with van der Waals surface area (Å²) in [6, 6.07) is 14.5. The van der Waals surface area contributed by atoms with Gasteiger partial charge in [0.1, 0.15) is 16.8 Å². The average molecular weight is 648 g/mol. The molecule has 0 saturated heterocycles. The van der Waals surface area contributed by atoms with E-state index in [2.05, 4.69) is 25.3 Å². The molecule has 0 aliphatic carbocycles. The SMILES string of the molecule is CC(C)(C)OC(=O)N(CCCN(C(=O)OC(C)(C)C)c1ccc(S)cc1)CCCN(C(=O)OC(C)(C)C)c1ccc(S)cc1. The van der Waals surface area contributed by atoms with Gasteiger partial charge in [0.25, 0.3) is 0 Å². The van der Waals surface area contributed by atoms with Crippen molar-refractivity contribution in [2.24, 2.45) is 0 Å². The van der Waals surface area contributed by atoms with Crippen molar-refractivity contribution in [2.45, 2.75) is 102 Å². The van der Waals surface area contributed by atoms with Gasteiger partial charge in [0, 0.05) is 47.3 Å². The second-order valence-electron chi connectivity index (χ2n) is 13.5. The number of anilines is 2. The normalized spacial score (nSPS) is 11.9. The highest BCUT2D eigenvalue weighted by Crippen LogP contribution is 2.23. The largest absolute Gasteiger partial charge is 0.444 e. The number of hydrogen-bond donors (Lipinski definition) is 2. The van der Waals surface area contributed by atoms with E-state index >= 15 is 0 Å². The fourth-order valence-electron chi connectivity index (χ4n) is 4.01. The molecule has 0 saturated carbocycles. The van der Waals surface area contributed by atoms with Crippen LogP contribution in [0, 0.1) is 0 Å². The molecule has 0 radical (unpaired) electrons. The van der Waals surface area contributed by atoms with E-state index in [1.54, 1.807) is 14.7 Å². The Morgan fingerprint density at radius 3 is 1.11 bits per heavy atom. The fraction of sp³-hybridized carbons (Fsp3) is 0.545. The van der Waals surface area contributed by atoms with E-state index in [-0.39, 0.29) is 0 Å². The van der Waals surface area contributed by atoms with Gasteiger partial charge in [0.05, 0.1) is 0 Å². The Hall–Kier alpha value is -3.05. The van der Waals surface area contributed by atoms with Crippen molar-refractivity contribution < 1.29 is 28.6 Å².